The summed E-state index contributed by atoms with van der Waals surface area (Å²) < 4.78 is 33.3. The van der Waals surface area contributed by atoms with Crippen molar-refractivity contribution in [3.63, 3.8) is 0 Å². The molecule has 2 aromatic carbocycles. The van der Waals surface area contributed by atoms with Crippen LogP contribution in [0.15, 0.2) is 45.8 Å². The van der Waals surface area contributed by atoms with E-state index >= 15 is 0 Å². The number of carbonyl (C=O) groups is 1. The molecule has 0 fully saturated rings. The summed E-state index contributed by atoms with van der Waals surface area (Å²) in [6, 6.07) is 7.70. The Kier molecular flexibility index (Phi) is 7.11. The van der Waals surface area contributed by atoms with E-state index < -0.39 is 14.9 Å². The summed E-state index contributed by atoms with van der Waals surface area (Å²) in [5, 5.41) is 13.2. The predicted molar refractivity (Wildman–Crippen MR) is 106 cm³/mol. The fraction of sp³-hybridized carbons (Fsp3) is 0.235. The molecule has 0 saturated heterocycles. The molecule has 0 aromatic heterocycles. The van der Waals surface area contributed by atoms with E-state index in [4.69, 9.17) is 4.74 Å². The van der Waals surface area contributed by atoms with E-state index in [9.17, 15) is 23.3 Å². The second-order valence-corrected chi connectivity index (χ2v) is 8.15. The molecule has 0 bridgehead atoms. The van der Waals surface area contributed by atoms with E-state index in [1.807, 2.05) is 0 Å². The Balaban J connectivity index is 2.26. The molecule has 0 aliphatic carbocycles. The van der Waals surface area contributed by atoms with Crippen LogP contribution in [0, 0.1) is 10.1 Å². The number of amides is 1. The molecule has 11 heteroatoms. The van der Waals surface area contributed by atoms with Crippen molar-refractivity contribution >= 4 is 37.5 Å². The molecule has 0 saturated carbocycles. The number of hydrogen-bond acceptors (Lipinski definition) is 6. The third-order valence-corrected chi connectivity index (χ3v) is 5.89. The zero-order valence-corrected chi connectivity index (χ0v) is 17.5. The maximum absolute atomic E-state index is 12.4. The van der Waals surface area contributed by atoms with Crippen LogP contribution < -0.4 is 14.8 Å². The molecule has 0 radical (unpaired) electrons. The van der Waals surface area contributed by atoms with Crippen molar-refractivity contribution in [1.82, 2.24) is 10.0 Å². The Morgan fingerprint density at radius 3 is 2.43 bits per heavy atom. The Labute approximate surface area is 170 Å². The molecule has 9 nitrogen and oxygen atoms in total. The average Bonchev–Trinajstić information content (AvgIpc) is 2.67. The van der Waals surface area contributed by atoms with E-state index in [1.54, 1.807) is 19.1 Å². The molecule has 0 aliphatic heterocycles. The quantitative estimate of drug-likeness (QED) is 0.449. The standard InChI is InChI=1S/C17H18BrN3O6S/c1-3-27-16-8-11(15(18)9-14(16)17(22)19-2)10-20-28(25,26)13-6-4-12(5-7-13)21(23)24/h4-9,20H,3,10H2,1-2H3,(H,19,22). The number of benzene rings is 2. The summed E-state index contributed by atoms with van der Waals surface area (Å²) in [4.78, 5) is 22.0. The molecule has 0 unspecified atom stereocenters. The summed E-state index contributed by atoms with van der Waals surface area (Å²) in [6.07, 6.45) is 0. The van der Waals surface area contributed by atoms with Gasteiger partial charge in [0.05, 0.1) is 22.0 Å². The van der Waals surface area contributed by atoms with Gasteiger partial charge in [0.1, 0.15) is 5.75 Å². The molecule has 28 heavy (non-hydrogen) atoms. The fourth-order valence-corrected chi connectivity index (χ4v) is 3.81. The van der Waals surface area contributed by atoms with Gasteiger partial charge in [-0.2, -0.15) is 0 Å². The zero-order chi connectivity index (χ0) is 20.9. The van der Waals surface area contributed by atoms with Crippen LogP contribution in [0.4, 0.5) is 5.69 Å². The Bertz CT molecular complexity index is 993. The fourth-order valence-electron chi connectivity index (χ4n) is 2.32. The predicted octanol–water partition coefficient (Wildman–Crippen LogP) is 2.59. The van der Waals surface area contributed by atoms with Crippen LogP contribution in [0.25, 0.3) is 0 Å². The summed E-state index contributed by atoms with van der Waals surface area (Å²) in [6.45, 7) is 2.03. The van der Waals surface area contributed by atoms with Crippen LogP contribution >= 0.6 is 15.9 Å². The zero-order valence-electron chi connectivity index (χ0n) is 15.1. The van der Waals surface area contributed by atoms with Crippen LogP contribution in [0.3, 0.4) is 0 Å². The number of sulfonamides is 1. The van der Waals surface area contributed by atoms with Crippen molar-refractivity contribution in [1.29, 1.82) is 0 Å². The third-order valence-electron chi connectivity index (χ3n) is 3.73. The lowest BCUT2D eigenvalue weighted by molar-refractivity contribution is -0.384. The lowest BCUT2D eigenvalue weighted by Gasteiger charge is -2.14. The number of non-ortho nitro benzene ring substituents is 1. The summed E-state index contributed by atoms with van der Waals surface area (Å²) in [5.74, 6) is -0.00301. The lowest BCUT2D eigenvalue weighted by atomic mass is 10.1. The lowest BCUT2D eigenvalue weighted by Crippen LogP contribution is -2.24. The minimum Gasteiger partial charge on any atom is -0.493 e. The highest BCUT2D eigenvalue weighted by Crippen LogP contribution is 2.28. The maximum atomic E-state index is 12.4. The van der Waals surface area contributed by atoms with E-state index in [0.717, 1.165) is 24.3 Å². The van der Waals surface area contributed by atoms with Crippen molar-refractivity contribution in [2.45, 2.75) is 18.4 Å². The first-order valence-electron chi connectivity index (χ1n) is 8.11. The number of halogens is 1. The molecule has 0 aliphatic rings. The van der Waals surface area contributed by atoms with E-state index in [1.165, 1.54) is 7.05 Å². The largest absolute Gasteiger partial charge is 0.493 e. The monoisotopic (exact) mass is 471 g/mol. The molecule has 2 N–H and O–H groups in total. The minimum absolute atomic E-state index is 0.0754. The van der Waals surface area contributed by atoms with Gasteiger partial charge in [0.2, 0.25) is 10.0 Å². The first kappa shape index (κ1) is 21.8. The number of nitrogens with one attached hydrogen (secondary N) is 2. The van der Waals surface area contributed by atoms with Crippen LogP contribution in [0.1, 0.15) is 22.8 Å². The topological polar surface area (TPSA) is 128 Å². The van der Waals surface area contributed by atoms with Crippen molar-refractivity contribution in [3.8, 4) is 5.75 Å². The molecular formula is C17H18BrN3O6S. The highest BCUT2D eigenvalue weighted by molar-refractivity contribution is 9.10. The number of hydrogen-bond donors (Lipinski definition) is 2. The van der Waals surface area contributed by atoms with Crippen LogP contribution in [-0.4, -0.2) is 32.9 Å². The molecule has 1 amide bonds. The number of nitro benzene ring substituents is 1. The molecule has 150 valence electrons. The second kappa shape index (κ2) is 9.13. The van der Waals surface area contributed by atoms with Gasteiger partial charge in [0.25, 0.3) is 11.6 Å². The highest BCUT2D eigenvalue weighted by Gasteiger charge is 2.19. The van der Waals surface area contributed by atoms with Crippen molar-refractivity contribution < 1.29 is 22.9 Å². The number of carbonyl (C=O) groups excluding carboxylic acids is 1. The van der Waals surface area contributed by atoms with Crippen LogP contribution in [0.2, 0.25) is 0 Å². The molecule has 0 spiro atoms. The SMILES string of the molecule is CCOc1cc(CNS(=O)(=O)c2ccc([N+](=O)[O-])cc2)c(Br)cc1C(=O)NC. The van der Waals surface area contributed by atoms with E-state index in [2.05, 4.69) is 26.0 Å². The maximum Gasteiger partial charge on any atom is 0.269 e. The van der Waals surface area contributed by atoms with Crippen molar-refractivity contribution in [3.05, 3.63) is 62.1 Å². The number of nitro groups is 1. The highest BCUT2D eigenvalue weighted by atomic mass is 79.9. The Morgan fingerprint density at radius 2 is 1.89 bits per heavy atom. The van der Waals surface area contributed by atoms with Gasteiger partial charge in [0, 0.05) is 30.2 Å². The van der Waals surface area contributed by atoms with Crippen molar-refractivity contribution in [2.75, 3.05) is 13.7 Å². The smallest absolute Gasteiger partial charge is 0.269 e. The Morgan fingerprint density at radius 1 is 1.25 bits per heavy atom. The third kappa shape index (κ3) is 5.06. The average molecular weight is 472 g/mol. The van der Waals surface area contributed by atoms with Gasteiger partial charge in [-0.3, -0.25) is 14.9 Å². The summed E-state index contributed by atoms with van der Waals surface area (Å²) in [5.41, 5.74) is 0.674. The van der Waals surface area contributed by atoms with Gasteiger partial charge in [-0.1, -0.05) is 15.9 Å². The van der Waals surface area contributed by atoms with Gasteiger partial charge in [-0.15, -0.1) is 0 Å². The first-order chi connectivity index (χ1) is 13.2. The van der Waals surface area contributed by atoms with Gasteiger partial charge < -0.3 is 10.1 Å². The van der Waals surface area contributed by atoms with Gasteiger partial charge in [-0.05, 0) is 36.8 Å². The number of ether oxygens (including phenoxy) is 1. The van der Waals surface area contributed by atoms with E-state index in [0.29, 0.717) is 28.0 Å². The van der Waals surface area contributed by atoms with Crippen molar-refractivity contribution in [2.24, 2.45) is 0 Å². The normalized spacial score (nSPS) is 11.1. The number of rotatable bonds is 8. The summed E-state index contributed by atoms with van der Waals surface area (Å²) in [7, 11) is -2.39. The second-order valence-electron chi connectivity index (χ2n) is 5.53. The summed E-state index contributed by atoms with van der Waals surface area (Å²) >= 11 is 3.33. The van der Waals surface area contributed by atoms with Crippen LogP contribution in [-0.2, 0) is 16.6 Å². The van der Waals surface area contributed by atoms with Gasteiger partial charge in [0.15, 0.2) is 0 Å². The number of nitrogens with zero attached hydrogens (tertiary/aromatic N) is 1. The molecule has 2 aromatic rings. The molecule has 2 rings (SSSR count). The molecule has 0 heterocycles. The van der Waals surface area contributed by atoms with Gasteiger partial charge >= 0.3 is 0 Å². The molecule has 0 atom stereocenters. The molecular weight excluding hydrogens is 454 g/mol. The van der Waals surface area contributed by atoms with Crippen LogP contribution in [0.5, 0.6) is 5.75 Å². The Hall–Kier alpha value is -2.50. The first-order valence-corrected chi connectivity index (χ1v) is 10.4. The van der Waals surface area contributed by atoms with E-state index in [-0.39, 0.29) is 23.0 Å². The minimum atomic E-state index is -3.89. The van der Waals surface area contributed by atoms with Gasteiger partial charge in [-0.25, -0.2) is 13.1 Å².